The third-order valence-corrected chi connectivity index (χ3v) is 5.48. The summed E-state index contributed by atoms with van der Waals surface area (Å²) in [4.78, 5) is 29.7. The zero-order chi connectivity index (χ0) is 19.7. The maximum Gasteiger partial charge on any atom is 0.261 e. The van der Waals surface area contributed by atoms with Gasteiger partial charge in [-0.25, -0.2) is 4.98 Å². The number of carbonyl (C=O) groups excluding carboxylic acids is 1. The Bertz CT molecular complexity index is 1070. The van der Waals surface area contributed by atoms with Crippen molar-refractivity contribution in [2.45, 2.75) is 45.7 Å². The molecule has 28 heavy (non-hydrogen) atoms. The van der Waals surface area contributed by atoms with Gasteiger partial charge in [0.05, 0.1) is 23.3 Å². The van der Waals surface area contributed by atoms with Gasteiger partial charge in [-0.05, 0) is 49.8 Å². The van der Waals surface area contributed by atoms with Crippen LogP contribution in [0.3, 0.4) is 0 Å². The van der Waals surface area contributed by atoms with Crippen LogP contribution in [0.2, 0.25) is 0 Å². The number of carbonyl (C=O) groups is 1. The molecule has 1 aromatic heterocycles. The number of fused-ring (bicyclic) bond motifs is 1. The molecule has 1 amide bonds. The first-order chi connectivity index (χ1) is 13.5. The fourth-order valence-electron chi connectivity index (χ4n) is 3.64. The Hall–Kier alpha value is -2.95. The molecule has 1 saturated carbocycles. The SMILES string of the molecule is Cc1ccc(C(NC(=O)CCn2cnc3c(C)cccc3c2=O)C2CC2)cc1. The summed E-state index contributed by atoms with van der Waals surface area (Å²) < 4.78 is 1.53. The Morgan fingerprint density at radius 1 is 1.18 bits per heavy atom. The number of rotatable bonds is 6. The molecule has 4 rings (SSSR count). The first kappa shape index (κ1) is 18.4. The number of nitrogens with zero attached hydrogens (tertiary/aromatic N) is 2. The molecule has 1 N–H and O–H groups in total. The lowest BCUT2D eigenvalue weighted by Gasteiger charge is -2.19. The van der Waals surface area contributed by atoms with Gasteiger partial charge in [0, 0.05) is 13.0 Å². The summed E-state index contributed by atoms with van der Waals surface area (Å²) >= 11 is 0. The van der Waals surface area contributed by atoms with E-state index in [1.807, 2.05) is 19.1 Å². The lowest BCUT2D eigenvalue weighted by Crippen LogP contribution is -2.31. The molecule has 5 heteroatoms. The highest BCUT2D eigenvalue weighted by atomic mass is 16.2. The number of benzene rings is 2. The van der Waals surface area contributed by atoms with Crippen LogP contribution in [0.25, 0.3) is 10.9 Å². The molecule has 0 saturated heterocycles. The van der Waals surface area contributed by atoms with Crippen LogP contribution in [0.1, 0.15) is 42.0 Å². The third-order valence-electron chi connectivity index (χ3n) is 5.48. The molecule has 1 fully saturated rings. The summed E-state index contributed by atoms with van der Waals surface area (Å²) in [5.41, 5.74) is 3.97. The van der Waals surface area contributed by atoms with E-state index in [9.17, 15) is 9.59 Å². The molecule has 3 aromatic rings. The fourth-order valence-corrected chi connectivity index (χ4v) is 3.64. The topological polar surface area (TPSA) is 64.0 Å². The van der Waals surface area contributed by atoms with Gasteiger partial charge in [-0.15, -0.1) is 0 Å². The fraction of sp³-hybridized carbons (Fsp3) is 0.348. The molecule has 0 radical (unpaired) electrons. The highest BCUT2D eigenvalue weighted by Gasteiger charge is 2.33. The minimum Gasteiger partial charge on any atom is -0.349 e. The number of aryl methyl sites for hydroxylation is 3. The van der Waals surface area contributed by atoms with Crippen molar-refractivity contribution in [3.05, 3.63) is 75.8 Å². The zero-order valence-electron chi connectivity index (χ0n) is 16.3. The van der Waals surface area contributed by atoms with Crippen LogP contribution in [0.4, 0.5) is 0 Å². The van der Waals surface area contributed by atoms with Crippen molar-refractivity contribution in [2.24, 2.45) is 5.92 Å². The number of aromatic nitrogens is 2. The number of amides is 1. The van der Waals surface area contributed by atoms with Gasteiger partial charge in [-0.3, -0.25) is 14.2 Å². The lowest BCUT2D eigenvalue weighted by molar-refractivity contribution is -0.122. The van der Waals surface area contributed by atoms with Crippen LogP contribution in [0.5, 0.6) is 0 Å². The molecule has 2 aromatic carbocycles. The molecule has 5 nitrogen and oxygen atoms in total. The van der Waals surface area contributed by atoms with Crippen molar-refractivity contribution < 1.29 is 4.79 Å². The highest BCUT2D eigenvalue weighted by molar-refractivity contribution is 5.80. The highest BCUT2D eigenvalue weighted by Crippen LogP contribution is 2.41. The van der Waals surface area contributed by atoms with Gasteiger partial charge in [0.2, 0.25) is 5.91 Å². The molecule has 144 valence electrons. The third kappa shape index (κ3) is 3.84. The summed E-state index contributed by atoms with van der Waals surface area (Å²) in [6, 6.07) is 14.0. The van der Waals surface area contributed by atoms with E-state index in [0.717, 1.165) is 29.5 Å². The normalized spacial score (nSPS) is 14.8. The second-order valence-corrected chi connectivity index (χ2v) is 7.76. The molecule has 1 atom stereocenters. The number of para-hydroxylation sites is 1. The van der Waals surface area contributed by atoms with Crippen LogP contribution in [0, 0.1) is 19.8 Å². The minimum absolute atomic E-state index is 0.0336. The molecule has 0 bridgehead atoms. The van der Waals surface area contributed by atoms with Crippen LogP contribution in [-0.4, -0.2) is 15.5 Å². The lowest BCUT2D eigenvalue weighted by atomic mass is 10.0. The van der Waals surface area contributed by atoms with Crippen molar-refractivity contribution in [2.75, 3.05) is 0 Å². The minimum atomic E-state index is -0.0984. The van der Waals surface area contributed by atoms with E-state index in [2.05, 4.69) is 41.5 Å². The number of hydrogen-bond acceptors (Lipinski definition) is 3. The average molecular weight is 375 g/mol. The standard InChI is InChI=1S/C23H25N3O2/c1-15-6-8-17(9-7-15)22(18-10-11-18)25-20(27)12-13-26-14-24-21-16(2)4-3-5-19(21)23(26)28/h3-9,14,18,22H,10-13H2,1-2H3,(H,25,27). The van der Waals surface area contributed by atoms with Crippen molar-refractivity contribution in [3.63, 3.8) is 0 Å². The van der Waals surface area contributed by atoms with Gasteiger partial charge < -0.3 is 5.32 Å². The van der Waals surface area contributed by atoms with E-state index in [0.29, 0.717) is 17.8 Å². The van der Waals surface area contributed by atoms with E-state index >= 15 is 0 Å². The van der Waals surface area contributed by atoms with Crippen molar-refractivity contribution in [1.29, 1.82) is 0 Å². The molecule has 0 spiro atoms. The molecule has 1 unspecified atom stereocenters. The Labute approximate surface area is 164 Å². The van der Waals surface area contributed by atoms with Gasteiger partial charge in [0.1, 0.15) is 0 Å². The van der Waals surface area contributed by atoms with Gasteiger partial charge in [-0.2, -0.15) is 0 Å². The van der Waals surface area contributed by atoms with E-state index < -0.39 is 0 Å². The largest absolute Gasteiger partial charge is 0.349 e. The summed E-state index contributed by atoms with van der Waals surface area (Å²) in [5, 5.41) is 3.77. The average Bonchev–Trinajstić information content (AvgIpc) is 3.52. The smallest absolute Gasteiger partial charge is 0.261 e. The van der Waals surface area contributed by atoms with Crippen molar-refractivity contribution in [3.8, 4) is 0 Å². The maximum atomic E-state index is 12.7. The van der Waals surface area contributed by atoms with Crippen LogP contribution < -0.4 is 10.9 Å². The predicted octanol–water partition coefficient (Wildman–Crippen LogP) is 3.67. The first-order valence-corrected chi connectivity index (χ1v) is 9.83. The second-order valence-electron chi connectivity index (χ2n) is 7.76. The second kappa shape index (κ2) is 7.58. The Kier molecular flexibility index (Phi) is 4.99. The predicted molar refractivity (Wildman–Crippen MR) is 110 cm³/mol. The summed E-state index contributed by atoms with van der Waals surface area (Å²) in [7, 11) is 0. The van der Waals surface area contributed by atoms with Gasteiger partial charge in [0.15, 0.2) is 0 Å². The maximum absolute atomic E-state index is 12.7. The monoisotopic (exact) mass is 375 g/mol. The zero-order valence-corrected chi connectivity index (χ0v) is 16.3. The number of nitrogens with one attached hydrogen (secondary N) is 1. The van der Waals surface area contributed by atoms with Gasteiger partial charge in [0.25, 0.3) is 5.56 Å². The summed E-state index contributed by atoms with van der Waals surface area (Å²) in [6.07, 6.45) is 4.09. The van der Waals surface area contributed by atoms with E-state index in [1.54, 1.807) is 12.4 Å². The van der Waals surface area contributed by atoms with Gasteiger partial charge in [-0.1, -0.05) is 42.0 Å². The quantitative estimate of drug-likeness (QED) is 0.715. The summed E-state index contributed by atoms with van der Waals surface area (Å²) in [6.45, 7) is 4.33. The van der Waals surface area contributed by atoms with E-state index in [1.165, 1.54) is 10.1 Å². The van der Waals surface area contributed by atoms with E-state index in [-0.39, 0.29) is 23.9 Å². The van der Waals surface area contributed by atoms with Crippen molar-refractivity contribution >= 4 is 16.8 Å². The molecule has 1 heterocycles. The van der Waals surface area contributed by atoms with Crippen LogP contribution in [-0.2, 0) is 11.3 Å². The molecule has 1 aliphatic rings. The molecular weight excluding hydrogens is 350 g/mol. The molecular formula is C23H25N3O2. The summed E-state index contributed by atoms with van der Waals surface area (Å²) in [5.74, 6) is 0.480. The van der Waals surface area contributed by atoms with Gasteiger partial charge >= 0.3 is 0 Å². The van der Waals surface area contributed by atoms with Crippen LogP contribution >= 0.6 is 0 Å². The number of hydrogen-bond donors (Lipinski definition) is 1. The first-order valence-electron chi connectivity index (χ1n) is 9.83. The van der Waals surface area contributed by atoms with Crippen molar-refractivity contribution in [1.82, 2.24) is 14.9 Å². The van der Waals surface area contributed by atoms with Crippen LogP contribution in [0.15, 0.2) is 53.6 Å². The Morgan fingerprint density at radius 2 is 1.93 bits per heavy atom. The Morgan fingerprint density at radius 3 is 2.64 bits per heavy atom. The molecule has 0 aliphatic heterocycles. The van der Waals surface area contributed by atoms with E-state index in [4.69, 9.17) is 0 Å². The molecule has 1 aliphatic carbocycles. The Balaban J connectivity index is 1.45.